The summed E-state index contributed by atoms with van der Waals surface area (Å²) in [6, 6.07) is 0. The maximum atomic E-state index is 4.87. The molecule has 0 aliphatic carbocycles. The van der Waals surface area contributed by atoms with Crippen LogP contribution < -0.4 is 0 Å². The molecule has 0 spiro atoms. The Morgan fingerprint density at radius 1 is 1.86 bits per heavy atom. The lowest BCUT2D eigenvalue weighted by Crippen LogP contribution is -1.58. The van der Waals surface area contributed by atoms with E-state index in [1.807, 2.05) is 0 Å². The van der Waals surface area contributed by atoms with E-state index in [4.69, 9.17) is 4.74 Å². The highest BCUT2D eigenvalue weighted by Gasteiger charge is 2.09. The van der Waals surface area contributed by atoms with E-state index in [1.165, 1.54) is 18.6 Å². The van der Waals surface area contributed by atoms with Gasteiger partial charge in [0.25, 0.3) is 0 Å². The maximum absolute atomic E-state index is 4.87. The van der Waals surface area contributed by atoms with Gasteiger partial charge in [-0.25, -0.2) is 0 Å². The Morgan fingerprint density at radius 3 is 3.00 bits per heavy atom. The van der Waals surface area contributed by atoms with Gasteiger partial charge in [0.1, 0.15) is 12.4 Å². The molecule has 0 radical (unpaired) electrons. The van der Waals surface area contributed by atoms with E-state index < -0.39 is 0 Å². The second-order valence-electron chi connectivity index (χ2n) is 1.75. The Labute approximate surface area is 44.0 Å². The van der Waals surface area contributed by atoms with Crippen LogP contribution in [0.25, 0.3) is 0 Å². The number of ether oxygens (including phenoxy) is 1. The van der Waals surface area contributed by atoms with Gasteiger partial charge in [-0.15, -0.1) is 0 Å². The molecule has 0 atom stereocenters. The van der Waals surface area contributed by atoms with Crippen LogP contribution in [0.5, 0.6) is 0 Å². The number of epoxide rings is 1. The molecular weight excluding hydrogens is 88.1 g/mol. The molecule has 1 aliphatic rings. The van der Waals surface area contributed by atoms with Gasteiger partial charge in [0.05, 0.1) is 0 Å². The van der Waals surface area contributed by atoms with Gasteiger partial charge in [0, 0.05) is 0 Å². The quantitative estimate of drug-likeness (QED) is 0.479. The highest BCUT2D eigenvalue weighted by Crippen LogP contribution is 2.14. The van der Waals surface area contributed by atoms with Crippen molar-refractivity contribution in [2.45, 2.75) is 19.8 Å². The first kappa shape index (κ1) is 4.69. The van der Waals surface area contributed by atoms with E-state index >= 15 is 0 Å². The number of rotatable bonds is 2. The zero-order valence-corrected chi connectivity index (χ0v) is 4.61. The lowest BCUT2D eigenvalue weighted by atomic mass is 10.3. The molecular formula is C6H10O. The minimum atomic E-state index is 0.889. The van der Waals surface area contributed by atoms with Gasteiger partial charge in [-0.05, 0) is 12.5 Å². The van der Waals surface area contributed by atoms with Gasteiger partial charge in [0.2, 0.25) is 0 Å². The van der Waals surface area contributed by atoms with E-state index in [1.54, 1.807) is 0 Å². The summed E-state index contributed by atoms with van der Waals surface area (Å²) in [5, 5.41) is 0. The Kier molecular flexibility index (Phi) is 1.35. The standard InChI is InChI=1S/C6H10O/c1-2-3-4-6-5-7-6/h4H,2-3,5H2,1H3/b6-4-. The van der Waals surface area contributed by atoms with Crippen LogP contribution in [0.3, 0.4) is 0 Å². The van der Waals surface area contributed by atoms with E-state index in [2.05, 4.69) is 13.0 Å². The Bertz CT molecular complexity index is 78.2. The molecule has 7 heavy (non-hydrogen) atoms. The lowest BCUT2D eigenvalue weighted by molar-refractivity contribution is 0.508. The summed E-state index contributed by atoms with van der Waals surface area (Å²) < 4.78 is 4.87. The van der Waals surface area contributed by atoms with Gasteiger partial charge >= 0.3 is 0 Å². The Hall–Kier alpha value is -0.460. The number of hydrogen-bond acceptors (Lipinski definition) is 1. The summed E-state index contributed by atoms with van der Waals surface area (Å²) in [5.41, 5.74) is 0. The summed E-state index contributed by atoms with van der Waals surface area (Å²) in [5.74, 6) is 1.18. The van der Waals surface area contributed by atoms with Crippen molar-refractivity contribution in [3.05, 3.63) is 11.8 Å². The predicted molar refractivity (Wildman–Crippen MR) is 28.9 cm³/mol. The van der Waals surface area contributed by atoms with Crippen LogP contribution in [0, 0.1) is 0 Å². The average Bonchev–Trinajstić information content (AvgIpc) is 2.42. The SMILES string of the molecule is CCC/C=C1/CO1. The van der Waals surface area contributed by atoms with Crippen molar-refractivity contribution in [3.8, 4) is 0 Å². The molecule has 0 aromatic rings. The monoisotopic (exact) mass is 98.1 g/mol. The van der Waals surface area contributed by atoms with E-state index in [-0.39, 0.29) is 0 Å². The first-order valence-electron chi connectivity index (χ1n) is 2.75. The fraction of sp³-hybridized carbons (Fsp3) is 0.667. The van der Waals surface area contributed by atoms with Crippen LogP contribution in [-0.4, -0.2) is 6.61 Å². The molecule has 0 bridgehead atoms. The van der Waals surface area contributed by atoms with Crippen molar-refractivity contribution in [3.63, 3.8) is 0 Å². The molecule has 0 saturated carbocycles. The lowest BCUT2D eigenvalue weighted by Gasteiger charge is -1.75. The van der Waals surface area contributed by atoms with Crippen molar-refractivity contribution < 1.29 is 4.74 Å². The molecule has 0 amide bonds. The van der Waals surface area contributed by atoms with Crippen LogP contribution in [0.15, 0.2) is 11.8 Å². The molecule has 0 unspecified atom stereocenters. The number of allylic oxidation sites excluding steroid dienone is 1. The van der Waals surface area contributed by atoms with Crippen molar-refractivity contribution in [2.24, 2.45) is 0 Å². The van der Waals surface area contributed by atoms with E-state index in [0.717, 1.165) is 6.61 Å². The van der Waals surface area contributed by atoms with Crippen molar-refractivity contribution in [1.82, 2.24) is 0 Å². The fourth-order valence-corrected chi connectivity index (χ4v) is 0.465. The zero-order valence-electron chi connectivity index (χ0n) is 4.61. The summed E-state index contributed by atoms with van der Waals surface area (Å²) in [6.07, 6.45) is 4.56. The third kappa shape index (κ3) is 1.62. The second kappa shape index (κ2) is 2.01. The Morgan fingerprint density at radius 2 is 2.57 bits per heavy atom. The third-order valence-electron chi connectivity index (χ3n) is 0.972. The molecule has 1 aliphatic heterocycles. The molecule has 1 heteroatoms. The van der Waals surface area contributed by atoms with Crippen LogP contribution in [0.2, 0.25) is 0 Å². The third-order valence-corrected chi connectivity index (χ3v) is 0.972. The molecule has 0 aromatic heterocycles. The molecule has 0 N–H and O–H groups in total. The molecule has 1 heterocycles. The first-order valence-corrected chi connectivity index (χ1v) is 2.75. The van der Waals surface area contributed by atoms with Crippen LogP contribution in [0.1, 0.15) is 19.8 Å². The Balaban J connectivity index is 2.07. The molecule has 1 nitrogen and oxygen atoms in total. The van der Waals surface area contributed by atoms with Crippen LogP contribution in [0.4, 0.5) is 0 Å². The number of hydrogen-bond donors (Lipinski definition) is 0. The molecule has 0 aromatic carbocycles. The summed E-state index contributed by atoms with van der Waals surface area (Å²) >= 11 is 0. The fourth-order valence-electron chi connectivity index (χ4n) is 0.465. The maximum Gasteiger partial charge on any atom is 0.145 e. The predicted octanol–water partition coefficient (Wildman–Crippen LogP) is 1.70. The van der Waals surface area contributed by atoms with Gasteiger partial charge < -0.3 is 4.74 Å². The molecule has 1 rings (SSSR count). The van der Waals surface area contributed by atoms with Gasteiger partial charge in [-0.3, -0.25) is 0 Å². The summed E-state index contributed by atoms with van der Waals surface area (Å²) in [6.45, 7) is 3.06. The summed E-state index contributed by atoms with van der Waals surface area (Å²) in [4.78, 5) is 0. The van der Waals surface area contributed by atoms with Gasteiger partial charge in [-0.2, -0.15) is 0 Å². The highest BCUT2D eigenvalue weighted by molar-refractivity contribution is 5.03. The van der Waals surface area contributed by atoms with Crippen LogP contribution in [-0.2, 0) is 4.74 Å². The van der Waals surface area contributed by atoms with E-state index in [9.17, 15) is 0 Å². The molecule has 1 fully saturated rings. The largest absolute Gasteiger partial charge is 0.487 e. The average molecular weight is 98.1 g/mol. The smallest absolute Gasteiger partial charge is 0.145 e. The van der Waals surface area contributed by atoms with E-state index in [0.29, 0.717) is 0 Å². The van der Waals surface area contributed by atoms with Crippen molar-refractivity contribution >= 4 is 0 Å². The highest BCUT2D eigenvalue weighted by atomic mass is 16.6. The normalized spacial score (nSPS) is 22.1. The summed E-state index contributed by atoms with van der Waals surface area (Å²) in [7, 11) is 0. The zero-order chi connectivity index (χ0) is 5.11. The minimum absolute atomic E-state index is 0.889. The van der Waals surface area contributed by atoms with Gasteiger partial charge in [-0.1, -0.05) is 13.3 Å². The minimum Gasteiger partial charge on any atom is -0.487 e. The van der Waals surface area contributed by atoms with Crippen molar-refractivity contribution in [1.29, 1.82) is 0 Å². The van der Waals surface area contributed by atoms with Crippen LogP contribution >= 0.6 is 0 Å². The van der Waals surface area contributed by atoms with Gasteiger partial charge in [0.15, 0.2) is 0 Å². The number of unbranched alkanes of at least 4 members (excludes halogenated alkanes) is 1. The molecule has 1 saturated heterocycles. The molecule has 40 valence electrons. The first-order chi connectivity index (χ1) is 3.43. The second-order valence-corrected chi connectivity index (χ2v) is 1.75. The topological polar surface area (TPSA) is 12.5 Å². The van der Waals surface area contributed by atoms with Crippen molar-refractivity contribution in [2.75, 3.05) is 6.61 Å².